The summed E-state index contributed by atoms with van der Waals surface area (Å²) in [6.07, 6.45) is 4.12. The molecule has 1 aliphatic carbocycles. The van der Waals surface area contributed by atoms with Crippen LogP contribution in [0, 0.1) is 0 Å². The van der Waals surface area contributed by atoms with Gasteiger partial charge in [-0.15, -0.1) is 0 Å². The van der Waals surface area contributed by atoms with Crippen LogP contribution in [0.5, 0.6) is 0 Å². The summed E-state index contributed by atoms with van der Waals surface area (Å²) in [6, 6.07) is 5.80. The lowest BCUT2D eigenvalue weighted by atomic mass is 10.0. The van der Waals surface area contributed by atoms with E-state index in [-0.39, 0.29) is 39.4 Å². The molecule has 9 nitrogen and oxygen atoms in total. The van der Waals surface area contributed by atoms with Gasteiger partial charge in [0.05, 0.1) is 28.1 Å². The zero-order chi connectivity index (χ0) is 23.7. The van der Waals surface area contributed by atoms with Gasteiger partial charge in [0.15, 0.2) is 0 Å². The molecule has 1 saturated carbocycles. The summed E-state index contributed by atoms with van der Waals surface area (Å²) in [6.45, 7) is 0. The lowest BCUT2D eigenvalue weighted by molar-refractivity contribution is -0.137. The van der Waals surface area contributed by atoms with Gasteiger partial charge in [-0.3, -0.25) is 24.2 Å². The van der Waals surface area contributed by atoms with Crippen molar-refractivity contribution in [2.45, 2.75) is 31.3 Å². The molecule has 0 saturated heterocycles. The van der Waals surface area contributed by atoms with Crippen LogP contribution in [0.2, 0.25) is 10.0 Å². The van der Waals surface area contributed by atoms with Gasteiger partial charge < -0.3 is 21.1 Å². The molecule has 1 aliphatic rings. The predicted molar refractivity (Wildman–Crippen MR) is 125 cm³/mol. The number of halogens is 2. The van der Waals surface area contributed by atoms with E-state index in [4.69, 9.17) is 23.2 Å². The number of nitrogens with one attached hydrogen (secondary N) is 3. The van der Waals surface area contributed by atoms with Gasteiger partial charge in [0, 0.05) is 24.1 Å². The maximum absolute atomic E-state index is 12.5. The first-order chi connectivity index (χ1) is 15.7. The molecule has 3 aromatic rings. The van der Waals surface area contributed by atoms with E-state index in [2.05, 4.69) is 20.9 Å². The van der Waals surface area contributed by atoms with Crippen molar-refractivity contribution in [1.82, 2.24) is 4.98 Å². The first kappa shape index (κ1) is 22.8. The maximum atomic E-state index is 12.5. The largest absolute Gasteiger partial charge is 0.481 e. The van der Waals surface area contributed by atoms with E-state index in [1.165, 1.54) is 12.4 Å². The van der Waals surface area contributed by atoms with Gasteiger partial charge in [-0.1, -0.05) is 35.3 Å². The number of carboxylic acids is 1. The van der Waals surface area contributed by atoms with E-state index in [1.54, 1.807) is 24.3 Å². The number of rotatable bonds is 9. The standard InChI is InChI=1S/C22H18Cl2N4O5/c23-13-8-25-9-14(24)17(13)22(33)27-12-3-1-10(2-4-12)15(7-16(29)30)28-19-18(20(31)21(19)32)26-11-5-6-11/h1-4,8-9,11,15,26,28H,5-7H2,(H,27,33)(H,29,30)/t15-/m0/s1. The first-order valence-electron chi connectivity index (χ1n) is 10.0. The molecule has 0 unspecified atom stereocenters. The third-order valence-electron chi connectivity index (χ3n) is 5.18. The third-order valence-corrected chi connectivity index (χ3v) is 5.76. The van der Waals surface area contributed by atoms with Crippen molar-refractivity contribution in [3.8, 4) is 0 Å². The van der Waals surface area contributed by atoms with Crippen LogP contribution < -0.4 is 26.8 Å². The van der Waals surface area contributed by atoms with E-state index in [0.29, 0.717) is 11.3 Å². The number of hydrogen-bond acceptors (Lipinski definition) is 7. The fourth-order valence-electron chi connectivity index (χ4n) is 3.32. The van der Waals surface area contributed by atoms with Crippen molar-refractivity contribution in [3.05, 3.63) is 78.3 Å². The quantitative estimate of drug-likeness (QED) is 0.336. The Hall–Kier alpha value is -3.43. The highest BCUT2D eigenvalue weighted by atomic mass is 35.5. The molecule has 170 valence electrons. The summed E-state index contributed by atoms with van der Waals surface area (Å²) < 4.78 is 0. The summed E-state index contributed by atoms with van der Waals surface area (Å²) in [5, 5.41) is 18.1. The fraction of sp³-hybridized carbons (Fsp3) is 0.227. The zero-order valence-electron chi connectivity index (χ0n) is 17.0. The highest BCUT2D eigenvalue weighted by molar-refractivity contribution is 6.40. The number of aliphatic carboxylic acids is 1. The Morgan fingerprint density at radius 3 is 2.21 bits per heavy atom. The van der Waals surface area contributed by atoms with Crippen LogP contribution in [-0.4, -0.2) is 28.0 Å². The Bertz CT molecular complexity index is 1280. The minimum Gasteiger partial charge on any atom is -0.481 e. The molecule has 11 heteroatoms. The molecule has 1 aromatic heterocycles. The molecule has 33 heavy (non-hydrogen) atoms. The number of aromatic nitrogens is 1. The number of carbonyl (C=O) groups is 2. The Labute approximate surface area is 197 Å². The van der Waals surface area contributed by atoms with Crippen LogP contribution in [0.4, 0.5) is 17.1 Å². The predicted octanol–water partition coefficient (Wildman–Crippen LogP) is 3.44. The molecule has 2 aromatic carbocycles. The molecule has 0 spiro atoms. The van der Waals surface area contributed by atoms with Gasteiger partial charge in [0.25, 0.3) is 16.8 Å². The van der Waals surface area contributed by atoms with E-state index in [1.807, 2.05) is 0 Å². The third kappa shape index (κ3) is 4.99. The normalized spacial score (nSPS) is 14.0. The smallest absolute Gasteiger partial charge is 0.305 e. The molecule has 1 heterocycles. The van der Waals surface area contributed by atoms with Gasteiger partial charge in [0.2, 0.25) is 0 Å². The lowest BCUT2D eigenvalue weighted by Gasteiger charge is -2.22. The molecule has 1 amide bonds. The number of benzene rings is 1. The zero-order valence-corrected chi connectivity index (χ0v) is 18.5. The first-order valence-corrected chi connectivity index (χ1v) is 10.8. The van der Waals surface area contributed by atoms with Crippen molar-refractivity contribution in [2.75, 3.05) is 16.0 Å². The number of nitrogens with zero attached hydrogens (tertiary/aromatic N) is 1. The second kappa shape index (κ2) is 9.21. The van der Waals surface area contributed by atoms with Crippen molar-refractivity contribution < 1.29 is 14.7 Å². The number of pyridine rings is 1. The molecule has 4 rings (SSSR count). The highest BCUT2D eigenvalue weighted by Gasteiger charge is 2.30. The number of carbonyl (C=O) groups excluding carboxylic acids is 1. The maximum Gasteiger partial charge on any atom is 0.305 e. The molecule has 0 radical (unpaired) electrons. The van der Waals surface area contributed by atoms with Crippen molar-refractivity contribution in [3.63, 3.8) is 0 Å². The van der Waals surface area contributed by atoms with E-state index in [0.717, 1.165) is 12.8 Å². The Morgan fingerprint density at radius 2 is 1.64 bits per heavy atom. The Morgan fingerprint density at radius 1 is 1.03 bits per heavy atom. The number of carboxylic acid groups (broad SMARTS) is 1. The SMILES string of the molecule is O=C(O)C[C@H](Nc1c(NC2CC2)c(=O)c1=O)c1ccc(NC(=O)c2c(Cl)cncc2Cl)cc1. The summed E-state index contributed by atoms with van der Waals surface area (Å²) in [7, 11) is 0. The molecule has 0 aliphatic heterocycles. The van der Waals surface area contributed by atoms with Crippen molar-refractivity contribution >= 4 is 52.1 Å². The van der Waals surface area contributed by atoms with Crippen LogP contribution in [0.3, 0.4) is 0 Å². The van der Waals surface area contributed by atoms with Crippen LogP contribution >= 0.6 is 23.2 Å². The summed E-state index contributed by atoms with van der Waals surface area (Å²) >= 11 is 12.0. The molecule has 0 bridgehead atoms. The fourth-order valence-corrected chi connectivity index (χ4v) is 3.86. The molecular formula is C22H18Cl2N4O5. The van der Waals surface area contributed by atoms with Crippen LogP contribution in [-0.2, 0) is 4.79 Å². The van der Waals surface area contributed by atoms with E-state index < -0.39 is 28.8 Å². The average molecular weight is 489 g/mol. The topological polar surface area (TPSA) is 137 Å². The summed E-state index contributed by atoms with van der Waals surface area (Å²) in [5.41, 5.74) is 0.0743. The second-order valence-electron chi connectivity index (χ2n) is 7.68. The van der Waals surface area contributed by atoms with Crippen molar-refractivity contribution in [2.24, 2.45) is 0 Å². The van der Waals surface area contributed by atoms with Crippen LogP contribution in [0.1, 0.15) is 41.2 Å². The van der Waals surface area contributed by atoms with Gasteiger partial charge >= 0.3 is 5.97 Å². The van der Waals surface area contributed by atoms with Gasteiger partial charge in [0.1, 0.15) is 11.4 Å². The average Bonchev–Trinajstić information content (AvgIpc) is 3.59. The highest BCUT2D eigenvalue weighted by Crippen LogP contribution is 2.30. The number of hydrogen-bond donors (Lipinski definition) is 4. The lowest BCUT2D eigenvalue weighted by Crippen LogP contribution is -2.38. The minimum atomic E-state index is -1.08. The van der Waals surface area contributed by atoms with Crippen molar-refractivity contribution in [1.29, 1.82) is 0 Å². The van der Waals surface area contributed by atoms with Crippen LogP contribution in [0.15, 0.2) is 46.2 Å². The summed E-state index contributed by atoms with van der Waals surface area (Å²) in [5.74, 6) is -1.61. The van der Waals surface area contributed by atoms with Gasteiger partial charge in [-0.2, -0.15) is 0 Å². The molecule has 1 atom stereocenters. The molecule has 4 N–H and O–H groups in total. The van der Waals surface area contributed by atoms with E-state index in [9.17, 15) is 24.3 Å². The van der Waals surface area contributed by atoms with Gasteiger partial charge in [-0.05, 0) is 30.5 Å². The second-order valence-corrected chi connectivity index (χ2v) is 8.49. The van der Waals surface area contributed by atoms with Gasteiger partial charge in [-0.25, -0.2) is 0 Å². The van der Waals surface area contributed by atoms with E-state index >= 15 is 0 Å². The summed E-state index contributed by atoms with van der Waals surface area (Å²) in [4.78, 5) is 51.7. The van der Waals surface area contributed by atoms with Crippen LogP contribution in [0.25, 0.3) is 0 Å². The Kier molecular flexibility index (Phi) is 6.35. The monoisotopic (exact) mass is 488 g/mol. The minimum absolute atomic E-state index is 0.0821. The Balaban J connectivity index is 1.52. The molecule has 1 fully saturated rings. The number of amides is 1. The number of anilines is 3. The molecular weight excluding hydrogens is 471 g/mol.